The second-order valence-electron chi connectivity index (χ2n) is 5.57. The molecule has 0 saturated heterocycles. The van der Waals surface area contributed by atoms with Crippen molar-refractivity contribution >= 4 is 11.6 Å². The van der Waals surface area contributed by atoms with E-state index >= 15 is 0 Å². The summed E-state index contributed by atoms with van der Waals surface area (Å²) in [5.41, 5.74) is 5.20. The quantitative estimate of drug-likeness (QED) is 0.829. The molecule has 2 saturated carbocycles. The van der Waals surface area contributed by atoms with E-state index in [-0.39, 0.29) is 11.8 Å². The van der Waals surface area contributed by atoms with Crippen molar-refractivity contribution in [1.82, 2.24) is 5.43 Å². The van der Waals surface area contributed by atoms with Crippen LogP contribution >= 0.6 is 0 Å². The smallest absolute Gasteiger partial charge is 0.243 e. The molecule has 0 radical (unpaired) electrons. The summed E-state index contributed by atoms with van der Waals surface area (Å²) in [4.78, 5) is 12.0. The zero-order valence-corrected chi connectivity index (χ0v) is 11.1. The maximum Gasteiger partial charge on any atom is 0.243 e. The molecule has 2 aliphatic rings. The Kier molecular flexibility index (Phi) is 3.62. The molecular formula is C16H20N2O. The zero-order valence-electron chi connectivity index (χ0n) is 11.1. The summed E-state index contributed by atoms with van der Waals surface area (Å²) in [6, 6.07) is 10.3. The van der Waals surface area contributed by atoms with Crippen LogP contribution in [0.4, 0.5) is 0 Å². The predicted octanol–water partition coefficient (Wildman–Crippen LogP) is 3.23. The third-order valence-electron chi connectivity index (χ3n) is 4.11. The van der Waals surface area contributed by atoms with E-state index in [1.807, 2.05) is 18.2 Å². The van der Waals surface area contributed by atoms with Crippen molar-refractivity contribution in [3.63, 3.8) is 0 Å². The van der Waals surface area contributed by atoms with Gasteiger partial charge in [0.2, 0.25) is 5.91 Å². The molecule has 1 aromatic carbocycles. The van der Waals surface area contributed by atoms with E-state index in [1.165, 1.54) is 24.8 Å². The van der Waals surface area contributed by atoms with E-state index in [2.05, 4.69) is 22.7 Å². The highest BCUT2D eigenvalue weighted by atomic mass is 16.2. The molecule has 2 atom stereocenters. The molecule has 3 nitrogen and oxygen atoms in total. The van der Waals surface area contributed by atoms with Gasteiger partial charge in [-0.1, -0.05) is 36.8 Å². The van der Waals surface area contributed by atoms with Crippen molar-refractivity contribution in [1.29, 1.82) is 0 Å². The van der Waals surface area contributed by atoms with E-state index in [1.54, 1.807) is 0 Å². The van der Waals surface area contributed by atoms with Gasteiger partial charge in [0.25, 0.3) is 0 Å². The second-order valence-corrected chi connectivity index (χ2v) is 5.57. The normalized spacial score (nSPS) is 25.8. The second kappa shape index (κ2) is 5.55. The SMILES string of the molecule is O=C(NN=C1CCCCC1)[C@@H]1C[C@@H]1c1ccccc1. The lowest BCUT2D eigenvalue weighted by atomic mass is 9.99. The summed E-state index contributed by atoms with van der Waals surface area (Å²) < 4.78 is 0. The lowest BCUT2D eigenvalue weighted by Gasteiger charge is -2.11. The first-order valence-corrected chi connectivity index (χ1v) is 7.25. The maximum absolute atomic E-state index is 12.0. The Morgan fingerprint density at radius 1 is 1.11 bits per heavy atom. The van der Waals surface area contributed by atoms with Crippen molar-refractivity contribution in [2.45, 2.75) is 44.4 Å². The molecule has 2 fully saturated rings. The van der Waals surface area contributed by atoms with Gasteiger partial charge in [-0.05, 0) is 43.6 Å². The number of nitrogens with one attached hydrogen (secondary N) is 1. The van der Waals surface area contributed by atoms with Gasteiger partial charge in [0.15, 0.2) is 0 Å². The Morgan fingerprint density at radius 2 is 1.84 bits per heavy atom. The number of benzene rings is 1. The monoisotopic (exact) mass is 256 g/mol. The molecule has 19 heavy (non-hydrogen) atoms. The fraction of sp³-hybridized carbons (Fsp3) is 0.500. The van der Waals surface area contributed by atoms with Crippen LogP contribution in [0.3, 0.4) is 0 Å². The van der Waals surface area contributed by atoms with E-state index in [9.17, 15) is 4.79 Å². The minimum absolute atomic E-state index is 0.0897. The zero-order chi connectivity index (χ0) is 13.1. The minimum atomic E-state index is 0.0897. The van der Waals surface area contributed by atoms with E-state index in [4.69, 9.17) is 0 Å². The van der Waals surface area contributed by atoms with Crippen molar-refractivity contribution in [3.8, 4) is 0 Å². The first-order chi connectivity index (χ1) is 9.34. The molecule has 2 aliphatic carbocycles. The van der Waals surface area contributed by atoms with Crippen LogP contribution < -0.4 is 5.43 Å². The number of rotatable bonds is 3. The van der Waals surface area contributed by atoms with Gasteiger partial charge in [-0.15, -0.1) is 0 Å². The molecule has 1 aromatic rings. The third kappa shape index (κ3) is 3.03. The van der Waals surface area contributed by atoms with Gasteiger partial charge in [0.1, 0.15) is 0 Å². The third-order valence-corrected chi connectivity index (χ3v) is 4.11. The van der Waals surface area contributed by atoms with Gasteiger partial charge in [-0.25, -0.2) is 5.43 Å². The van der Waals surface area contributed by atoms with Crippen LogP contribution in [0, 0.1) is 5.92 Å². The Balaban J connectivity index is 1.52. The number of carbonyl (C=O) groups is 1. The van der Waals surface area contributed by atoms with Crippen molar-refractivity contribution < 1.29 is 4.79 Å². The lowest BCUT2D eigenvalue weighted by molar-refractivity contribution is -0.122. The number of nitrogens with zero attached hydrogens (tertiary/aromatic N) is 1. The van der Waals surface area contributed by atoms with Crippen LogP contribution in [-0.2, 0) is 4.79 Å². The van der Waals surface area contributed by atoms with E-state index in [0.717, 1.165) is 25.0 Å². The summed E-state index contributed by atoms with van der Waals surface area (Å²) in [6.45, 7) is 0. The van der Waals surface area contributed by atoms with Crippen LogP contribution in [0.1, 0.15) is 50.0 Å². The number of hydrazone groups is 1. The summed E-state index contributed by atoms with van der Waals surface area (Å²) >= 11 is 0. The van der Waals surface area contributed by atoms with Crippen molar-refractivity contribution in [2.75, 3.05) is 0 Å². The summed E-state index contributed by atoms with van der Waals surface area (Å²) in [5.74, 6) is 0.607. The fourth-order valence-corrected chi connectivity index (χ4v) is 2.84. The van der Waals surface area contributed by atoms with Crippen LogP contribution in [0.2, 0.25) is 0 Å². The summed E-state index contributed by atoms with van der Waals surface area (Å²) in [6.07, 6.45) is 6.78. The van der Waals surface area contributed by atoms with E-state index in [0.29, 0.717) is 5.92 Å². The molecule has 0 bridgehead atoms. The van der Waals surface area contributed by atoms with Gasteiger partial charge in [0, 0.05) is 11.6 Å². The summed E-state index contributed by atoms with van der Waals surface area (Å²) in [7, 11) is 0. The average Bonchev–Trinajstić information content (AvgIpc) is 3.27. The summed E-state index contributed by atoms with van der Waals surface area (Å²) in [5, 5.41) is 4.29. The minimum Gasteiger partial charge on any atom is -0.273 e. The molecule has 1 amide bonds. The standard InChI is InChI=1S/C16H20N2O/c19-16(18-17-13-9-5-2-6-10-13)15-11-14(15)12-7-3-1-4-8-12/h1,3-4,7-8,14-15H,2,5-6,9-11H2,(H,18,19)/t14-,15-/m1/s1. The molecule has 3 rings (SSSR count). The van der Waals surface area contributed by atoms with Gasteiger partial charge in [0.05, 0.1) is 0 Å². The van der Waals surface area contributed by atoms with Gasteiger partial charge in [-0.2, -0.15) is 5.10 Å². The Hall–Kier alpha value is -1.64. The largest absolute Gasteiger partial charge is 0.273 e. The number of amides is 1. The van der Waals surface area contributed by atoms with Crippen LogP contribution in [0.25, 0.3) is 0 Å². The van der Waals surface area contributed by atoms with Gasteiger partial charge < -0.3 is 0 Å². The maximum atomic E-state index is 12.0. The number of carbonyl (C=O) groups excluding carboxylic acids is 1. The highest BCUT2D eigenvalue weighted by Crippen LogP contribution is 2.47. The van der Waals surface area contributed by atoms with Crippen LogP contribution in [-0.4, -0.2) is 11.6 Å². The Morgan fingerprint density at radius 3 is 2.58 bits per heavy atom. The Labute approximate surface area is 114 Å². The van der Waals surface area contributed by atoms with Gasteiger partial charge in [-0.3, -0.25) is 4.79 Å². The fourth-order valence-electron chi connectivity index (χ4n) is 2.84. The molecule has 0 unspecified atom stereocenters. The van der Waals surface area contributed by atoms with Crippen LogP contribution in [0.5, 0.6) is 0 Å². The first-order valence-electron chi connectivity index (χ1n) is 7.25. The molecule has 0 aromatic heterocycles. The topological polar surface area (TPSA) is 41.5 Å². The van der Waals surface area contributed by atoms with Gasteiger partial charge >= 0.3 is 0 Å². The molecule has 0 spiro atoms. The first kappa shape index (κ1) is 12.4. The van der Waals surface area contributed by atoms with Crippen LogP contribution in [0.15, 0.2) is 35.4 Å². The molecular weight excluding hydrogens is 236 g/mol. The number of hydrogen-bond acceptors (Lipinski definition) is 2. The van der Waals surface area contributed by atoms with E-state index < -0.39 is 0 Å². The molecule has 1 N–H and O–H groups in total. The van der Waals surface area contributed by atoms with Crippen molar-refractivity contribution in [3.05, 3.63) is 35.9 Å². The molecule has 100 valence electrons. The predicted molar refractivity (Wildman–Crippen MR) is 76.0 cm³/mol. The highest BCUT2D eigenvalue weighted by molar-refractivity contribution is 5.88. The molecule has 0 aliphatic heterocycles. The average molecular weight is 256 g/mol. The van der Waals surface area contributed by atoms with Crippen molar-refractivity contribution in [2.24, 2.45) is 11.0 Å². The Bertz CT molecular complexity index is 473. The lowest BCUT2D eigenvalue weighted by Crippen LogP contribution is -2.22. The number of hydrogen-bond donors (Lipinski definition) is 1. The molecule has 3 heteroatoms. The highest BCUT2D eigenvalue weighted by Gasteiger charge is 2.43. The molecule has 0 heterocycles.